The highest BCUT2D eigenvalue weighted by Gasteiger charge is 2.24. The third-order valence-corrected chi connectivity index (χ3v) is 3.58. The number of thiophene rings is 1. The Morgan fingerprint density at radius 1 is 1.35 bits per heavy atom. The number of hydrogen-bond acceptors (Lipinski definition) is 5. The molecule has 0 saturated heterocycles. The first kappa shape index (κ1) is 16.7. The van der Waals surface area contributed by atoms with Crippen molar-refractivity contribution >= 4 is 27.8 Å². The number of Topliss-reactive ketones (excluding diaryl/α,β-unsaturated/α-hetero) is 1. The molecule has 0 radical (unpaired) electrons. The van der Waals surface area contributed by atoms with Crippen LogP contribution in [0.1, 0.15) is 37.4 Å². The van der Waals surface area contributed by atoms with Crippen LogP contribution < -0.4 is 15.8 Å². The lowest BCUT2D eigenvalue weighted by atomic mass is 10.1. The molecule has 0 aliphatic rings. The molecular formula is C13H20F2N2O2S. The molecule has 0 saturated carbocycles. The van der Waals surface area contributed by atoms with Gasteiger partial charge >= 0.3 is 0 Å². The third kappa shape index (κ3) is 4.06. The number of rotatable bonds is 7. The Kier molecular flexibility index (Phi) is 5.74. The number of anilines is 2. The summed E-state index contributed by atoms with van der Waals surface area (Å²) in [6, 6.07) is 0. The predicted octanol–water partition coefficient (Wildman–Crippen LogP) is 3.63. The quantitative estimate of drug-likeness (QED) is 0.755. The normalized spacial score (nSPS) is 11.4. The number of nitrogens with two attached hydrogens (primary N) is 1. The Morgan fingerprint density at radius 2 is 1.95 bits per heavy atom. The Labute approximate surface area is 121 Å². The van der Waals surface area contributed by atoms with Crippen molar-refractivity contribution in [2.24, 2.45) is 5.92 Å². The molecule has 0 unspecified atom stereocenters. The van der Waals surface area contributed by atoms with E-state index in [9.17, 15) is 13.6 Å². The number of halogens is 2. The van der Waals surface area contributed by atoms with Gasteiger partial charge in [-0.15, -0.1) is 11.3 Å². The molecule has 3 N–H and O–H groups in total. The number of hydrogen-bond donors (Lipinski definition) is 2. The molecule has 0 fully saturated rings. The summed E-state index contributed by atoms with van der Waals surface area (Å²) in [4.78, 5) is 12.4. The SMILES string of the molecule is CC(C)Oc1c(NCC(F)F)sc(C(=O)C(C)C)c1N. The maximum atomic E-state index is 12.3. The van der Waals surface area contributed by atoms with Gasteiger partial charge in [0.25, 0.3) is 6.43 Å². The Hall–Kier alpha value is -1.37. The van der Waals surface area contributed by atoms with Gasteiger partial charge in [-0.05, 0) is 13.8 Å². The molecule has 20 heavy (non-hydrogen) atoms. The summed E-state index contributed by atoms with van der Waals surface area (Å²) in [7, 11) is 0. The first-order valence-electron chi connectivity index (χ1n) is 6.39. The van der Waals surface area contributed by atoms with Crippen LogP contribution in [0.2, 0.25) is 0 Å². The number of alkyl halides is 2. The van der Waals surface area contributed by atoms with Gasteiger partial charge in [-0.1, -0.05) is 13.8 Å². The van der Waals surface area contributed by atoms with Crippen LogP contribution in [0.3, 0.4) is 0 Å². The molecule has 1 aromatic rings. The van der Waals surface area contributed by atoms with Crippen molar-refractivity contribution in [2.75, 3.05) is 17.6 Å². The number of carbonyl (C=O) groups excluding carboxylic acids is 1. The maximum Gasteiger partial charge on any atom is 0.255 e. The van der Waals surface area contributed by atoms with Gasteiger partial charge in [0.1, 0.15) is 5.00 Å². The molecular weight excluding hydrogens is 286 g/mol. The molecule has 1 rings (SSSR count). The van der Waals surface area contributed by atoms with E-state index < -0.39 is 13.0 Å². The highest BCUT2D eigenvalue weighted by Crippen LogP contribution is 2.44. The highest BCUT2D eigenvalue weighted by atomic mass is 32.1. The van der Waals surface area contributed by atoms with Crippen LogP contribution in [-0.2, 0) is 0 Å². The molecule has 1 aromatic heterocycles. The van der Waals surface area contributed by atoms with E-state index >= 15 is 0 Å². The molecule has 0 aromatic carbocycles. The van der Waals surface area contributed by atoms with Crippen molar-refractivity contribution < 1.29 is 18.3 Å². The lowest BCUT2D eigenvalue weighted by molar-refractivity contribution is 0.0944. The minimum Gasteiger partial charge on any atom is -0.486 e. The lowest BCUT2D eigenvalue weighted by Crippen LogP contribution is -2.12. The summed E-state index contributed by atoms with van der Waals surface area (Å²) in [6.07, 6.45) is -2.66. The average Bonchev–Trinajstić information content (AvgIpc) is 2.63. The van der Waals surface area contributed by atoms with Gasteiger partial charge in [-0.25, -0.2) is 8.78 Å². The Bertz CT molecular complexity index is 473. The Morgan fingerprint density at radius 3 is 2.40 bits per heavy atom. The molecule has 0 bridgehead atoms. The fourth-order valence-electron chi connectivity index (χ4n) is 1.51. The van der Waals surface area contributed by atoms with E-state index in [1.54, 1.807) is 27.7 Å². The molecule has 0 amide bonds. The van der Waals surface area contributed by atoms with Gasteiger partial charge in [-0.2, -0.15) is 0 Å². The maximum absolute atomic E-state index is 12.3. The summed E-state index contributed by atoms with van der Waals surface area (Å²) >= 11 is 1.06. The number of ether oxygens (including phenoxy) is 1. The summed E-state index contributed by atoms with van der Waals surface area (Å²) in [6.45, 7) is 6.62. The molecule has 7 heteroatoms. The molecule has 1 heterocycles. The second kappa shape index (κ2) is 6.88. The van der Waals surface area contributed by atoms with Crippen molar-refractivity contribution in [2.45, 2.75) is 40.2 Å². The highest BCUT2D eigenvalue weighted by molar-refractivity contribution is 7.19. The van der Waals surface area contributed by atoms with Crippen LogP contribution in [0, 0.1) is 5.92 Å². The van der Waals surface area contributed by atoms with Crippen LogP contribution in [-0.4, -0.2) is 24.9 Å². The zero-order valence-electron chi connectivity index (χ0n) is 12.0. The van der Waals surface area contributed by atoms with Crippen LogP contribution >= 0.6 is 11.3 Å². The standard InChI is InChI=1S/C13H20F2N2O2S/c1-6(2)10(18)12-9(16)11(19-7(3)4)13(20-12)17-5-8(14)15/h6-8,17H,5,16H2,1-4H3. The minimum atomic E-state index is -2.49. The van der Waals surface area contributed by atoms with Crippen molar-refractivity contribution in [1.82, 2.24) is 0 Å². The number of carbonyl (C=O) groups is 1. The zero-order valence-corrected chi connectivity index (χ0v) is 12.8. The fourth-order valence-corrected chi connectivity index (χ4v) is 2.66. The Balaban J connectivity index is 3.13. The summed E-state index contributed by atoms with van der Waals surface area (Å²) < 4.78 is 30.2. The largest absolute Gasteiger partial charge is 0.486 e. The van der Waals surface area contributed by atoms with Gasteiger partial charge in [-0.3, -0.25) is 4.79 Å². The summed E-state index contributed by atoms with van der Waals surface area (Å²) in [5.41, 5.74) is 6.16. The zero-order chi connectivity index (χ0) is 15.4. The second-order valence-electron chi connectivity index (χ2n) is 4.96. The van der Waals surface area contributed by atoms with E-state index in [0.717, 1.165) is 11.3 Å². The molecule has 0 spiro atoms. The first-order valence-corrected chi connectivity index (χ1v) is 7.20. The van der Waals surface area contributed by atoms with Crippen LogP contribution in [0.4, 0.5) is 19.5 Å². The van der Waals surface area contributed by atoms with Gasteiger partial charge in [0, 0.05) is 5.92 Å². The van der Waals surface area contributed by atoms with Crippen molar-refractivity contribution in [3.05, 3.63) is 4.88 Å². The van der Waals surface area contributed by atoms with Crippen molar-refractivity contribution in [3.8, 4) is 5.75 Å². The van der Waals surface area contributed by atoms with Gasteiger partial charge < -0.3 is 15.8 Å². The van der Waals surface area contributed by atoms with Crippen molar-refractivity contribution in [1.29, 1.82) is 0 Å². The van der Waals surface area contributed by atoms with E-state index in [1.807, 2.05) is 0 Å². The number of nitrogens with one attached hydrogen (secondary N) is 1. The lowest BCUT2D eigenvalue weighted by Gasteiger charge is -2.12. The average molecular weight is 306 g/mol. The van der Waals surface area contributed by atoms with E-state index in [-0.39, 0.29) is 29.2 Å². The second-order valence-corrected chi connectivity index (χ2v) is 5.98. The predicted molar refractivity (Wildman–Crippen MR) is 78.2 cm³/mol. The van der Waals surface area contributed by atoms with E-state index in [4.69, 9.17) is 10.5 Å². The fraction of sp³-hybridized carbons (Fsp3) is 0.615. The van der Waals surface area contributed by atoms with Crippen LogP contribution in [0.5, 0.6) is 5.75 Å². The molecule has 0 atom stereocenters. The smallest absolute Gasteiger partial charge is 0.255 e. The van der Waals surface area contributed by atoms with Gasteiger partial charge in [0.15, 0.2) is 11.5 Å². The van der Waals surface area contributed by atoms with E-state index in [1.165, 1.54) is 0 Å². The van der Waals surface area contributed by atoms with E-state index in [0.29, 0.717) is 9.88 Å². The minimum absolute atomic E-state index is 0.119. The molecule has 0 aliphatic heterocycles. The summed E-state index contributed by atoms with van der Waals surface area (Å²) in [5.74, 6) is -0.0494. The third-order valence-electron chi connectivity index (χ3n) is 2.42. The van der Waals surface area contributed by atoms with Gasteiger partial charge in [0.05, 0.1) is 23.2 Å². The van der Waals surface area contributed by atoms with Gasteiger partial charge in [0.2, 0.25) is 0 Å². The molecule has 0 aliphatic carbocycles. The van der Waals surface area contributed by atoms with E-state index in [2.05, 4.69) is 5.32 Å². The molecule has 4 nitrogen and oxygen atoms in total. The monoisotopic (exact) mass is 306 g/mol. The number of nitrogen functional groups attached to an aromatic ring is 1. The summed E-state index contributed by atoms with van der Waals surface area (Å²) in [5, 5.41) is 2.96. The van der Waals surface area contributed by atoms with Crippen LogP contribution in [0.15, 0.2) is 0 Å². The number of ketones is 1. The topological polar surface area (TPSA) is 64.3 Å². The molecule has 114 valence electrons. The first-order chi connectivity index (χ1) is 9.23. The van der Waals surface area contributed by atoms with Crippen molar-refractivity contribution in [3.63, 3.8) is 0 Å². The van der Waals surface area contributed by atoms with Crippen LogP contribution in [0.25, 0.3) is 0 Å².